The van der Waals surface area contributed by atoms with Crippen LogP contribution in [0.2, 0.25) is 0 Å². The Morgan fingerprint density at radius 1 is 1.20 bits per heavy atom. The molecule has 0 saturated carbocycles. The van der Waals surface area contributed by atoms with Crippen LogP contribution in [0.5, 0.6) is 5.75 Å². The summed E-state index contributed by atoms with van der Waals surface area (Å²) in [6, 6.07) is 8.33. The van der Waals surface area contributed by atoms with Gasteiger partial charge in [-0.15, -0.1) is 0 Å². The minimum Gasteiger partial charge on any atom is -0.488 e. The third-order valence-corrected chi connectivity index (χ3v) is 5.64. The van der Waals surface area contributed by atoms with E-state index in [1.54, 1.807) is 0 Å². The zero-order valence-electron chi connectivity index (χ0n) is 14.8. The monoisotopic (exact) mass is 342 g/mol. The summed E-state index contributed by atoms with van der Waals surface area (Å²) in [5, 5.41) is 0. The van der Waals surface area contributed by atoms with Crippen LogP contribution in [0.15, 0.2) is 29.8 Å². The fourth-order valence-electron chi connectivity index (χ4n) is 4.19. The third kappa shape index (κ3) is 3.31. The largest absolute Gasteiger partial charge is 0.488 e. The lowest BCUT2D eigenvalue weighted by molar-refractivity contribution is -0.126. The Morgan fingerprint density at radius 3 is 2.80 bits per heavy atom. The van der Waals surface area contributed by atoms with Crippen LogP contribution in [0, 0.1) is 5.92 Å². The number of amides is 1. The van der Waals surface area contributed by atoms with E-state index >= 15 is 0 Å². The summed E-state index contributed by atoms with van der Waals surface area (Å²) in [7, 11) is 0. The zero-order valence-corrected chi connectivity index (χ0v) is 14.8. The number of rotatable bonds is 3. The Balaban J connectivity index is 1.48. The SMILES string of the molecule is CC[C@@H]1CN(C(=O)C2=Cc3ccccc3OC2)C[C@H]1N1CCOCC1. The number of hydrogen-bond donors (Lipinski definition) is 0. The lowest BCUT2D eigenvalue weighted by atomic mass is 9.99. The van der Waals surface area contributed by atoms with E-state index in [4.69, 9.17) is 9.47 Å². The second-order valence-electron chi connectivity index (χ2n) is 7.09. The molecule has 0 aromatic heterocycles. The quantitative estimate of drug-likeness (QED) is 0.843. The van der Waals surface area contributed by atoms with E-state index in [0.29, 0.717) is 18.6 Å². The highest BCUT2D eigenvalue weighted by molar-refractivity contribution is 5.99. The Morgan fingerprint density at radius 2 is 2.00 bits per heavy atom. The van der Waals surface area contributed by atoms with Gasteiger partial charge in [0.2, 0.25) is 0 Å². The average Bonchev–Trinajstić information content (AvgIpc) is 3.12. The predicted octanol–water partition coefficient (Wildman–Crippen LogP) is 2.03. The normalized spacial score (nSPS) is 26.8. The van der Waals surface area contributed by atoms with Gasteiger partial charge in [0.1, 0.15) is 12.4 Å². The number of morpholine rings is 1. The second kappa shape index (κ2) is 7.18. The van der Waals surface area contributed by atoms with E-state index < -0.39 is 0 Å². The van der Waals surface area contributed by atoms with Crippen LogP contribution in [0.3, 0.4) is 0 Å². The summed E-state index contributed by atoms with van der Waals surface area (Å²) in [4.78, 5) is 17.6. The molecular weight excluding hydrogens is 316 g/mol. The van der Waals surface area contributed by atoms with E-state index in [-0.39, 0.29) is 5.91 Å². The zero-order chi connectivity index (χ0) is 17.2. The number of hydrogen-bond acceptors (Lipinski definition) is 4. The standard InChI is InChI=1S/C20H26N2O3/c1-2-15-12-22(13-18(15)21-7-9-24-10-8-21)20(23)17-11-16-5-3-4-6-19(16)25-14-17/h3-6,11,15,18H,2,7-10,12-14H2,1H3/t15-,18-/m1/s1. The number of carbonyl (C=O) groups is 1. The number of fused-ring (bicyclic) bond motifs is 1. The van der Waals surface area contributed by atoms with Gasteiger partial charge in [0.15, 0.2) is 0 Å². The first-order valence-electron chi connectivity index (χ1n) is 9.29. The molecule has 4 rings (SSSR count). The third-order valence-electron chi connectivity index (χ3n) is 5.64. The molecule has 0 spiro atoms. The molecule has 2 saturated heterocycles. The molecule has 5 heteroatoms. The van der Waals surface area contributed by atoms with Crippen LogP contribution >= 0.6 is 0 Å². The highest BCUT2D eigenvalue weighted by Gasteiger charge is 2.39. The van der Waals surface area contributed by atoms with Crippen LogP contribution in [-0.4, -0.2) is 67.7 Å². The Bertz CT molecular complexity index is 667. The molecule has 3 aliphatic rings. The molecule has 1 aromatic carbocycles. The van der Waals surface area contributed by atoms with E-state index in [1.165, 1.54) is 0 Å². The van der Waals surface area contributed by atoms with E-state index in [0.717, 1.165) is 62.7 Å². The molecule has 5 nitrogen and oxygen atoms in total. The van der Waals surface area contributed by atoms with Gasteiger partial charge in [-0.2, -0.15) is 0 Å². The minimum atomic E-state index is 0.128. The lowest BCUT2D eigenvalue weighted by Gasteiger charge is -2.34. The minimum absolute atomic E-state index is 0.128. The van der Waals surface area contributed by atoms with Gasteiger partial charge in [-0.25, -0.2) is 0 Å². The summed E-state index contributed by atoms with van der Waals surface area (Å²) in [6.45, 7) is 7.81. The van der Waals surface area contributed by atoms with Gasteiger partial charge in [0.25, 0.3) is 5.91 Å². The molecule has 0 bridgehead atoms. The molecule has 0 aliphatic carbocycles. The van der Waals surface area contributed by atoms with Gasteiger partial charge in [-0.1, -0.05) is 31.5 Å². The average molecular weight is 342 g/mol. The van der Waals surface area contributed by atoms with Crippen molar-refractivity contribution in [1.29, 1.82) is 0 Å². The first kappa shape index (κ1) is 16.6. The maximum atomic E-state index is 13.0. The van der Waals surface area contributed by atoms with Crippen molar-refractivity contribution in [3.8, 4) is 5.75 Å². The number of benzene rings is 1. The van der Waals surface area contributed by atoms with Gasteiger partial charge < -0.3 is 14.4 Å². The fourth-order valence-corrected chi connectivity index (χ4v) is 4.19. The van der Waals surface area contributed by atoms with Crippen molar-refractivity contribution >= 4 is 12.0 Å². The number of carbonyl (C=O) groups excluding carboxylic acids is 1. The first-order chi connectivity index (χ1) is 12.3. The molecule has 2 atom stereocenters. The molecule has 0 radical (unpaired) electrons. The Labute approximate surface area is 149 Å². The topological polar surface area (TPSA) is 42.0 Å². The summed E-state index contributed by atoms with van der Waals surface area (Å²) < 4.78 is 11.3. The highest BCUT2D eigenvalue weighted by atomic mass is 16.5. The number of nitrogens with zero attached hydrogens (tertiary/aromatic N) is 2. The van der Waals surface area contributed by atoms with E-state index in [9.17, 15) is 4.79 Å². The van der Waals surface area contributed by atoms with Crippen molar-refractivity contribution in [1.82, 2.24) is 9.80 Å². The molecule has 1 aromatic rings. The molecule has 3 aliphatic heterocycles. The predicted molar refractivity (Wildman–Crippen MR) is 96.5 cm³/mol. The second-order valence-corrected chi connectivity index (χ2v) is 7.09. The Kier molecular flexibility index (Phi) is 4.77. The number of para-hydroxylation sites is 1. The smallest absolute Gasteiger partial charge is 0.253 e. The van der Waals surface area contributed by atoms with Crippen LogP contribution < -0.4 is 4.74 Å². The Hall–Kier alpha value is -1.85. The molecular formula is C20H26N2O3. The summed E-state index contributed by atoms with van der Waals surface area (Å²) >= 11 is 0. The molecule has 1 amide bonds. The van der Waals surface area contributed by atoms with Crippen molar-refractivity contribution in [2.75, 3.05) is 46.0 Å². The number of ether oxygens (including phenoxy) is 2. The molecule has 134 valence electrons. The van der Waals surface area contributed by atoms with Gasteiger partial charge in [0, 0.05) is 37.8 Å². The van der Waals surface area contributed by atoms with Crippen molar-refractivity contribution in [2.24, 2.45) is 5.92 Å². The van der Waals surface area contributed by atoms with Gasteiger partial charge in [-0.05, 0) is 18.1 Å². The maximum absolute atomic E-state index is 13.0. The van der Waals surface area contributed by atoms with E-state index in [1.807, 2.05) is 35.2 Å². The first-order valence-corrected chi connectivity index (χ1v) is 9.29. The van der Waals surface area contributed by atoms with Crippen LogP contribution in [0.1, 0.15) is 18.9 Å². The van der Waals surface area contributed by atoms with Gasteiger partial charge >= 0.3 is 0 Å². The van der Waals surface area contributed by atoms with Crippen molar-refractivity contribution in [3.63, 3.8) is 0 Å². The van der Waals surface area contributed by atoms with Gasteiger partial charge in [0.05, 0.1) is 18.8 Å². The molecule has 2 fully saturated rings. The molecule has 0 N–H and O–H groups in total. The fraction of sp³-hybridized carbons (Fsp3) is 0.550. The lowest BCUT2D eigenvalue weighted by Crippen LogP contribution is -2.47. The van der Waals surface area contributed by atoms with Crippen molar-refractivity contribution < 1.29 is 14.3 Å². The van der Waals surface area contributed by atoms with Crippen molar-refractivity contribution in [3.05, 3.63) is 35.4 Å². The summed E-state index contributed by atoms with van der Waals surface area (Å²) in [5.74, 6) is 1.53. The molecule has 0 unspecified atom stereocenters. The van der Waals surface area contributed by atoms with Crippen molar-refractivity contribution in [2.45, 2.75) is 19.4 Å². The maximum Gasteiger partial charge on any atom is 0.253 e. The van der Waals surface area contributed by atoms with Crippen LogP contribution in [-0.2, 0) is 9.53 Å². The highest BCUT2D eigenvalue weighted by Crippen LogP contribution is 2.30. The molecule has 3 heterocycles. The van der Waals surface area contributed by atoms with Crippen LogP contribution in [0.25, 0.3) is 6.08 Å². The van der Waals surface area contributed by atoms with E-state index in [2.05, 4.69) is 11.8 Å². The van der Waals surface area contributed by atoms with Crippen LogP contribution in [0.4, 0.5) is 0 Å². The molecule has 25 heavy (non-hydrogen) atoms. The summed E-state index contributed by atoms with van der Waals surface area (Å²) in [5.41, 5.74) is 1.75. The van der Waals surface area contributed by atoms with Gasteiger partial charge in [-0.3, -0.25) is 9.69 Å². The summed E-state index contributed by atoms with van der Waals surface area (Å²) in [6.07, 6.45) is 3.09. The number of likely N-dealkylation sites (tertiary alicyclic amines) is 1.